The van der Waals surface area contributed by atoms with Crippen LogP contribution in [-0.2, 0) is 15.7 Å². The van der Waals surface area contributed by atoms with Crippen LogP contribution in [0.4, 0.5) is 28.9 Å². The Balaban J connectivity index is 2.07. The topological polar surface area (TPSA) is 98.5 Å². The van der Waals surface area contributed by atoms with E-state index in [2.05, 4.69) is 4.74 Å². The van der Waals surface area contributed by atoms with Crippen molar-refractivity contribution in [3.8, 4) is 0 Å². The van der Waals surface area contributed by atoms with Crippen molar-refractivity contribution in [1.82, 2.24) is 0 Å². The average Bonchev–Trinajstić information content (AvgIpc) is 2.58. The van der Waals surface area contributed by atoms with Crippen molar-refractivity contribution < 1.29 is 36.8 Å². The zero-order chi connectivity index (χ0) is 20.2. The van der Waals surface area contributed by atoms with Crippen LogP contribution in [0.25, 0.3) is 0 Å². The lowest BCUT2D eigenvalue weighted by Gasteiger charge is -2.10. The van der Waals surface area contributed by atoms with Gasteiger partial charge in [-0.1, -0.05) is 6.07 Å². The molecule has 0 heterocycles. The third kappa shape index (κ3) is 5.23. The highest BCUT2D eigenvalue weighted by atomic mass is 19.4. The van der Waals surface area contributed by atoms with Gasteiger partial charge in [0.15, 0.2) is 6.61 Å². The molecule has 2 aromatic carbocycles. The Morgan fingerprint density at radius 2 is 1.85 bits per heavy atom. The summed E-state index contributed by atoms with van der Waals surface area (Å²) in [6, 6.07) is 6.00. The smallest absolute Gasteiger partial charge is 0.416 e. The van der Waals surface area contributed by atoms with E-state index in [0.29, 0.717) is 12.1 Å². The van der Waals surface area contributed by atoms with E-state index >= 15 is 0 Å². The number of esters is 1. The van der Waals surface area contributed by atoms with E-state index in [0.717, 1.165) is 12.1 Å². The molecule has 0 aliphatic rings. The minimum Gasteiger partial charge on any atom is -0.452 e. The van der Waals surface area contributed by atoms with E-state index in [1.165, 1.54) is 12.1 Å². The fourth-order valence-electron chi connectivity index (χ4n) is 1.98. The lowest BCUT2D eigenvalue weighted by atomic mass is 10.1. The van der Waals surface area contributed by atoms with Crippen LogP contribution < -0.4 is 5.32 Å². The molecule has 11 heteroatoms. The fraction of sp³-hybridized carbons (Fsp3) is 0.125. The highest BCUT2D eigenvalue weighted by Gasteiger charge is 2.33. The van der Waals surface area contributed by atoms with Crippen LogP contribution in [0.3, 0.4) is 0 Å². The number of carbonyl (C=O) groups excluding carboxylic acids is 2. The highest BCUT2D eigenvalue weighted by Crippen LogP contribution is 2.34. The van der Waals surface area contributed by atoms with Gasteiger partial charge in [-0.05, 0) is 30.3 Å². The highest BCUT2D eigenvalue weighted by molar-refractivity contribution is 5.96. The molecule has 1 N–H and O–H groups in total. The van der Waals surface area contributed by atoms with Crippen LogP contribution in [0.5, 0.6) is 0 Å². The number of rotatable bonds is 5. The number of amides is 1. The number of halogens is 4. The van der Waals surface area contributed by atoms with E-state index in [9.17, 15) is 37.3 Å². The summed E-state index contributed by atoms with van der Waals surface area (Å²) >= 11 is 0. The van der Waals surface area contributed by atoms with Crippen molar-refractivity contribution in [3.63, 3.8) is 0 Å². The van der Waals surface area contributed by atoms with Crippen LogP contribution in [0.15, 0.2) is 42.5 Å². The molecule has 27 heavy (non-hydrogen) atoms. The molecule has 0 aliphatic heterocycles. The molecule has 1 amide bonds. The molecule has 0 saturated heterocycles. The summed E-state index contributed by atoms with van der Waals surface area (Å²) < 4.78 is 55.5. The maximum Gasteiger partial charge on any atom is 0.416 e. The van der Waals surface area contributed by atoms with Gasteiger partial charge < -0.3 is 10.1 Å². The van der Waals surface area contributed by atoms with Gasteiger partial charge in [0.25, 0.3) is 11.6 Å². The fourth-order valence-corrected chi connectivity index (χ4v) is 1.98. The van der Waals surface area contributed by atoms with Gasteiger partial charge in [-0.2, -0.15) is 13.2 Å². The van der Waals surface area contributed by atoms with E-state index < -0.39 is 52.3 Å². The summed E-state index contributed by atoms with van der Waals surface area (Å²) in [6.07, 6.45) is -4.80. The molecular weight excluding hydrogens is 376 g/mol. The Morgan fingerprint density at radius 1 is 1.15 bits per heavy atom. The van der Waals surface area contributed by atoms with Gasteiger partial charge >= 0.3 is 12.1 Å². The second-order valence-corrected chi connectivity index (χ2v) is 5.12. The van der Waals surface area contributed by atoms with Crippen LogP contribution in [0.2, 0.25) is 0 Å². The minimum absolute atomic E-state index is 0.164. The third-order valence-electron chi connectivity index (χ3n) is 3.19. The van der Waals surface area contributed by atoms with Crippen molar-refractivity contribution in [1.29, 1.82) is 0 Å². The number of benzene rings is 2. The Labute approximate surface area is 148 Å². The maximum absolute atomic E-state index is 13.0. The second kappa shape index (κ2) is 7.81. The summed E-state index contributed by atoms with van der Waals surface area (Å²) in [5.74, 6) is -2.75. The Kier molecular flexibility index (Phi) is 5.73. The minimum atomic E-state index is -4.80. The molecule has 142 valence electrons. The number of nitrogens with one attached hydrogen (secondary N) is 1. The van der Waals surface area contributed by atoms with Gasteiger partial charge in [0, 0.05) is 6.07 Å². The molecule has 2 aromatic rings. The number of ether oxygens (including phenoxy) is 1. The number of anilines is 1. The van der Waals surface area contributed by atoms with Gasteiger partial charge in [0.2, 0.25) is 0 Å². The molecule has 0 atom stereocenters. The van der Waals surface area contributed by atoms with E-state index in [-0.39, 0.29) is 11.6 Å². The number of hydrogen-bond acceptors (Lipinski definition) is 5. The summed E-state index contributed by atoms with van der Waals surface area (Å²) in [6.45, 7) is -0.881. The normalized spacial score (nSPS) is 11.0. The lowest BCUT2D eigenvalue weighted by molar-refractivity contribution is -0.384. The first-order valence-electron chi connectivity index (χ1n) is 7.16. The maximum atomic E-state index is 13.0. The predicted molar refractivity (Wildman–Crippen MR) is 83.4 cm³/mol. The van der Waals surface area contributed by atoms with Gasteiger partial charge in [0.05, 0.1) is 16.1 Å². The zero-order valence-corrected chi connectivity index (χ0v) is 13.2. The Hall–Kier alpha value is -3.50. The van der Waals surface area contributed by atoms with Gasteiger partial charge in [-0.3, -0.25) is 14.9 Å². The Bertz CT molecular complexity index is 899. The molecule has 0 spiro atoms. The monoisotopic (exact) mass is 386 g/mol. The SMILES string of the molecule is O=C(COC(=O)c1cccc(F)c1)Nc1ccc(C(F)(F)F)cc1[N+](=O)[O-]. The number of nitro groups is 1. The molecule has 0 aromatic heterocycles. The second-order valence-electron chi connectivity index (χ2n) is 5.12. The summed E-state index contributed by atoms with van der Waals surface area (Å²) in [4.78, 5) is 33.3. The number of carbonyl (C=O) groups is 2. The van der Waals surface area contributed by atoms with E-state index in [4.69, 9.17) is 0 Å². The van der Waals surface area contributed by atoms with Gasteiger partial charge in [-0.15, -0.1) is 0 Å². The lowest BCUT2D eigenvalue weighted by Crippen LogP contribution is -2.21. The van der Waals surface area contributed by atoms with Crippen LogP contribution >= 0.6 is 0 Å². The van der Waals surface area contributed by atoms with Crippen molar-refractivity contribution in [2.45, 2.75) is 6.18 Å². The van der Waals surface area contributed by atoms with Crippen molar-refractivity contribution in [2.24, 2.45) is 0 Å². The molecule has 0 fully saturated rings. The molecule has 0 bridgehead atoms. The summed E-state index contributed by atoms with van der Waals surface area (Å²) in [7, 11) is 0. The quantitative estimate of drug-likeness (QED) is 0.367. The zero-order valence-electron chi connectivity index (χ0n) is 13.2. The molecule has 0 aliphatic carbocycles. The van der Waals surface area contributed by atoms with Crippen molar-refractivity contribution >= 4 is 23.3 Å². The molecule has 7 nitrogen and oxygen atoms in total. The molecule has 0 unspecified atom stereocenters. The number of nitrogens with zero attached hydrogens (tertiary/aromatic N) is 1. The largest absolute Gasteiger partial charge is 0.452 e. The first-order valence-corrected chi connectivity index (χ1v) is 7.16. The standard InChI is InChI=1S/C16H10F4N2O5/c17-11-3-1-2-9(6-11)15(24)27-8-14(23)21-12-5-4-10(16(18,19)20)7-13(12)22(25)26/h1-7H,8H2,(H,21,23). The van der Waals surface area contributed by atoms with Crippen molar-refractivity contribution in [3.05, 3.63) is 69.5 Å². The first-order chi connectivity index (χ1) is 12.6. The van der Waals surface area contributed by atoms with Crippen LogP contribution in [0.1, 0.15) is 15.9 Å². The van der Waals surface area contributed by atoms with E-state index in [1.807, 2.05) is 5.32 Å². The first kappa shape index (κ1) is 19.8. The summed E-state index contributed by atoms with van der Waals surface area (Å²) in [5.41, 5.74) is -2.90. The van der Waals surface area contributed by atoms with Crippen molar-refractivity contribution in [2.75, 3.05) is 11.9 Å². The average molecular weight is 386 g/mol. The Morgan fingerprint density at radius 3 is 2.44 bits per heavy atom. The number of nitro benzene ring substituents is 1. The number of alkyl halides is 3. The predicted octanol–water partition coefficient (Wildman–Crippen LogP) is 3.55. The van der Waals surface area contributed by atoms with Crippen LogP contribution in [0, 0.1) is 15.9 Å². The molecule has 0 saturated carbocycles. The van der Waals surface area contributed by atoms with Gasteiger partial charge in [-0.25, -0.2) is 9.18 Å². The third-order valence-corrected chi connectivity index (χ3v) is 3.19. The summed E-state index contributed by atoms with van der Waals surface area (Å²) in [5, 5.41) is 12.9. The van der Waals surface area contributed by atoms with Crippen LogP contribution in [-0.4, -0.2) is 23.4 Å². The molecular formula is C16H10F4N2O5. The van der Waals surface area contributed by atoms with Gasteiger partial charge in [0.1, 0.15) is 11.5 Å². The molecule has 2 rings (SSSR count). The van der Waals surface area contributed by atoms with E-state index in [1.54, 1.807) is 0 Å². The number of hydrogen-bond donors (Lipinski definition) is 1. The molecule has 0 radical (unpaired) electrons.